The summed E-state index contributed by atoms with van der Waals surface area (Å²) in [4.78, 5) is 25.3. The number of para-hydroxylation sites is 2. The maximum atomic E-state index is 12.9. The predicted molar refractivity (Wildman–Crippen MR) is 116 cm³/mol. The van der Waals surface area contributed by atoms with Crippen molar-refractivity contribution in [2.45, 2.75) is 32.7 Å². The fourth-order valence-corrected chi connectivity index (χ4v) is 4.06. The third kappa shape index (κ3) is 6.05. The fraction of sp³-hybridized carbons (Fsp3) is 0.333. The lowest BCUT2D eigenvalue weighted by molar-refractivity contribution is -0.116. The van der Waals surface area contributed by atoms with Crippen LogP contribution in [0.3, 0.4) is 0 Å². The number of anilines is 2. The van der Waals surface area contributed by atoms with Crippen LogP contribution < -0.4 is 14.9 Å². The van der Waals surface area contributed by atoms with E-state index < -0.39 is 22.0 Å². The highest BCUT2D eigenvalue weighted by atomic mass is 32.2. The highest BCUT2D eigenvalue weighted by Crippen LogP contribution is 2.22. The molecular weight excluding hydrogens is 390 g/mol. The minimum atomic E-state index is -3.70. The average Bonchev–Trinajstić information content (AvgIpc) is 2.68. The molecule has 0 unspecified atom stereocenters. The molecular formula is C21H27N3O4S. The number of nitrogens with zero attached hydrogens (tertiary/aromatic N) is 1. The van der Waals surface area contributed by atoms with Gasteiger partial charge in [0, 0.05) is 6.54 Å². The van der Waals surface area contributed by atoms with Crippen LogP contribution in [0.2, 0.25) is 0 Å². The Kier molecular flexibility index (Phi) is 7.78. The van der Waals surface area contributed by atoms with Gasteiger partial charge >= 0.3 is 0 Å². The topological polar surface area (TPSA) is 95.6 Å². The first-order valence-corrected chi connectivity index (χ1v) is 11.3. The number of hydrogen-bond donors (Lipinski definition) is 2. The first-order chi connectivity index (χ1) is 13.8. The lowest BCUT2D eigenvalue weighted by atomic mass is 10.1. The second-order valence-electron chi connectivity index (χ2n) is 6.71. The molecule has 0 aliphatic carbocycles. The summed E-state index contributed by atoms with van der Waals surface area (Å²) in [5.41, 5.74) is 1.05. The zero-order chi connectivity index (χ0) is 21.4. The van der Waals surface area contributed by atoms with Crippen LogP contribution in [0, 0.1) is 0 Å². The third-order valence-corrected chi connectivity index (χ3v) is 5.59. The molecule has 156 valence electrons. The Bertz CT molecular complexity index is 945. The summed E-state index contributed by atoms with van der Waals surface area (Å²) >= 11 is 0. The van der Waals surface area contributed by atoms with Crippen molar-refractivity contribution in [3.63, 3.8) is 0 Å². The number of carbonyl (C=O) groups excluding carboxylic acids is 2. The van der Waals surface area contributed by atoms with E-state index in [2.05, 4.69) is 10.6 Å². The van der Waals surface area contributed by atoms with Gasteiger partial charge in [-0.1, -0.05) is 43.7 Å². The van der Waals surface area contributed by atoms with Crippen molar-refractivity contribution >= 4 is 33.2 Å². The summed E-state index contributed by atoms with van der Waals surface area (Å²) in [5.74, 6) is -0.821. The Morgan fingerprint density at radius 1 is 1.03 bits per heavy atom. The number of benzene rings is 2. The number of amides is 2. The highest BCUT2D eigenvalue weighted by Gasteiger charge is 2.29. The maximum Gasteiger partial charge on any atom is 0.253 e. The van der Waals surface area contributed by atoms with E-state index in [4.69, 9.17) is 0 Å². The van der Waals surface area contributed by atoms with Crippen molar-refractivity contribution < 1.29 is 18.0 Å². The van der Waals surface area contributed by atoms with Gasteiger partial charge in [0.05, 0.1) is 23.2 Å². The summed E-state index contributed by atoms with van der Waals surface area (Å²) < 4.78 is 25.7. The Hall–Kier alpha value is -2.87. The van der Waals surface area contributed by atoms with Crippen LogP contribution in [0.25, 0.3) is 0 Å². The third-order valence-electron chi connectivity index (χ3n) is 4.34. The normalized spacial score (nSPS) is 12.1. The lowest BCUT2D eigenvalue weighted by Crippen LogP contribution is -2.45. The second-order valence-corrected chi connectivity index (χ2v) is 8.57. The van der Waals surface area contributed by atoms with E-state index >= 15 is 0 Å². The molecule has 0 bridgehead atoms. The van der Waals surface area contributed by atoms with Gasteiger partial charge in [0.15, 0.2) is 0 Å². The van der Waals surface area contributed by atoms with Crippen LogP contribution in [-0.4, -0.2) is 39.1 Å². The van der Waals surface area contributed by atoms with Gasteiger partial charge < -0.3 is 10.6 Å². The largest absolute Gasteiger partial charge is 0.352 e. The van der Waals surface area contributed by atoms with Gasteiger partial charge in [-0.3, -0.25) is 13.9 Å². The zero-order valence-corrected chi connectivity index (χ0v) is 17.7. The minimum absolute atomic E-state index is 0.287. The van der Waals surface area contributed by atoms with Crippen molar-refractivity contribution in [3.05, 3.63) is 60.2 Å². The maximum absolute atomic E-state index is 12.9. The molecule has 7 nitrogen and oxygen atoms in total. The van der Waals surface area contributed by atoms with Crippen molar-refractivity contribution in [1.82, 2.24) is 5.32 Å². The SMILES string of the molecule is CCCCNC(=O)c1ccccc1NC(=O)[C@@H](C)N(c1ccccc1)S(C)(=O)=O. The molecule has 2 amide bonds. The summed E-state index contributed by atoms with van der Waals surface area (Å²) in [6, 6.07) is 14.1. The fourth-order valence-electron chi connectivity index (χ4n) is 2.88. The number of rotatable bonds is 9. The monoisotopic (exact) mass is 417 g/mol. The summed E-state index contributed by atoms with van der Waals surface area (Å²) in [6.07, 6.45) is 2.87. The molecule has 2 N–H and O–H groups in total. The van der Waals surface area contributed by atoms with Crippen LogP contribution in [0.1, 0.15) is 37.0 Å². The molecule has 2 aromatic carbocycles. The first kappa shape index (κ1) is 22.4. The Balaban J connectivity index is 2.24. The molecule has 0 aromatic heterocycles. The van der Waals surface area contributed by atoms with E-state index in [1.165, 1.54) is 6.92 Å². The van der Waals surface area contributed by atoms with Gasteiger partial charge in [0.2, 0.25) is 15.9 Å². The molecule has 0 radical (unpaired) electrons. The van der Waals surface area contributed by atoms with Crippen molar-refractivity contribution in [3.8, 4) is 0 Å². The van der Waals surface area contributed by atoms with Gasteiger partial charge in [0.25, 0.3) is 5.91 Å². The summed E-state index contributed by atoms with van der Waals surface area (Å²) in [5, 5.41) is 5.52. The minimum Gasteiger partial charge on any atom is -0.352 e. The molecule has 0 heterocycles. The molecule has 8 heteroatoms. The van der Waals surface area contributed by atoms with E-state index in [9.17, 15) is 18.0 Å². The Morgan fingerprint density at radius 3 is 2.28 bits per heavy atom. The molecule has 2 aromatic rings. The van der Waals surface area contributed by atoms with Crippen molar-refractivity contribution in [2.24, 2.45) is 0 Å². The van der Waals surface area contributed by atoms with Crippen molar-refractivity contribution in [1.29, 1.82) is 0 Å². The number of unbranched alkanes of at least 4 members (excludes halogenated alkanes) is 1. The van der Waals surface area contributed by atoms with Crippen LogP contribution >= 0.6 is 0 Å². The lowest BCUT2D eigenvalue weighted by Gasteiger charge is -2.28. The number of nitrogens with one attached hydrogen (secondary N) is 2. The second kappa shape index (κ2) is 10.1. The number of carbonyl (C=O) groups is 2. The molecule has 29 heavy (non-hydrogen) atoms. The molecule has 0 fully saturated rings. The number of sulfonamides is 1. The first-order valence-electron chi connectivity index (χ1n) is 9.48. The number of hydrogen-bond acceptors (Lipinski definition) is 4. The van der Waals surface area contributed by atoms with Gasteiger partial charge in [-0.05, 0) is 37.6 Å². The highest BCUT2D eigenvalue weighted by molar-refractivity contribution is 7.92. The van der Waals surface area contributed by atoms with Gasteiger partial charge in [-0.25, -0.2) is 8.42 Å². The molecule has 0 saturated heterocycles. The van der Waals surface area contributed by atoms with Gasteiger partial charge in [-0.15, -0.1) is 0 Å². The quantitative estimate of drug-likeness (QED) is 0.613. The van der Waals surface area contributed by atoms with E-state index in [1.807, 2.05) is 6.92 Å². The predicted octanol–water partition coefficient (Wildman–Crippen LogP) is 3.01. The van der Waals surface area contributed by atoms with Gasteiger partial charge in [0.1, 0.15) is 6.04 Å². The standard InChI is InChI=1S/C21H27N3O4S/c1-4-5-15-22-21(26)18-13-9-10-14-19(18)23-20(25)16(2)24(29(3,27)28)17-11-7-6-8-12-17/h6-14,16H,4-5,15H2,1-3H3,(H,22,26)(H,23,25)/t16-/m1/s1. The molecule has 0 aliphatic heterocycles. The smallest absolute Gasteiger partial charge is 0.253 e. The van der Waals surface area contributed by atoms with Crippen LogP contribution in [0.5, 0.6) is 0 Å². The van der Waals surface area contributed by atoms with Crippen LogP contribution in [0.15, 0.2) is 54.6 Å². The van der Waals surface area contributed by atoms with E-state index in [1.54, 1.807) is 54.6 Å². The van der Waals surface area contributed by atoms with Crippen LogP contribution in [-0.2, 0) is 14.8 Å². The molecule has 0 spiro atoms. The molecule has 1 atom stereocenters. The van der Waals surface area contributed by atoms with E-state index in [0.717, 1.165) is 23.4 Å². The van der Waals surface area contributed by atoms with Crippen molar-refractivity contribution in [2.75, 3.05) is 22.4 Å². The molecule has 2 rings (SSSR count). The van der Waals surface area contributed by atoms with E-state index in [-0.39, 0.29) is 5.91 Å². The van der Waals surface area contributed by atoms with Gasteiger partial charge in [-0.2, -0.15) is 0 Å². The average molecular weight is 418 g/mol. The molecule has 0 aliphatic rings. The van der Waals surface area contributed by atoms with Crippen LogP contribution in [0.4, 0.5) is 11.4 Å². The summed E-state index contributed by atoms with van der Waals surface area (Å²) in [7, 11) is -3.70. The summed E-state index contributed by atoms with van der Waals surface area (Å²) in [6.45, 7) is 4.08. The zero-order valence-electron chi connectivity index (χ0n) is 16.9. The Morgan fingerprint density at radius 2 is 1.66 bits per heavy atom. The Labute approximate surface area is 172 Å². The molecule has 0 saturated carbocycles. The van der Waals surface area contributed by atoms with E-state index in [0.29, 0.717) is 23.5 Å².